The van der Waals surface area contributed by atoms with Crippen molar-refractivity contribution in [3.05, 3.63) is 251 Å². The SMILES string of the molecule is Cc1cc(F)cc(-c2cc(C(C)(C)CC(C)(C)C)cc(-c3c4ccc(C(C)(C)C)cc4c(-c4cc(C(C)(C)C)cc(C(C)(C)C)c4)c4cc(C(C)(C)C)ccc34)c2O)c1OCCCOc1c(C)cc(F)cc1-c1cc(C(C)(C)CC(C)(C)C)cc(-c2c3ccc(C(C)(C)C)cc3c(-c3cc(C(C)(C)C)cc(C(C)(C)C)c3)c3cc(C(C)(C)C)ccc23)c1O.[CH3-].[CH3-].[Zr+2]. The molecule has 0 amide bonds. The van der Waals surface area contributed by atoms with Crippen LogP contribution < -0.4 is 9.47 Å². The summed E-state index contributed by atoms with van der Waals surface area (Å²) in [7, 11) is 0. The maximum atomic E-state index is 16.9. The molecule has 4 nitrogen and oxygen atoms in total. The standard InChI is InChI=1S/C117H146F2O4.2CH3.Zr/c1-68-48-82(118)64-94(92-60-80(116(33,34)66-106(3,4)5)62-96(102(92)120)100-84-42-38-72(108(9,10)11)56-88(84)98(89-57-73(109(12,13)14)39-43-85(89)100)70-50-76(112(21,22)23)54-77(51-70)113(24,25)26)104(68)122-46-37-47-123-105-69(2)49-83(119)65-95(105)93-61-81(117(35,36)67-107(6,7)8)63-97(103(93)121)101-86-44-40-74(110(15,16)17)58-90(86)99(91-59-75(111(18,19)20)41-45-87(91)101)71-52-78(114(27,28)29)55-79(53-71)115(30,31)32;;;/h38-45,48-65,120-121H,37,46-47,66-67H2,1-36H3;2*1H3;/q;2*-1;+2. The van der Waals surface area contributed by atoms with E-state index in [1.165, 1.54) is 68.8 Å². The average Bonchev–Trinajstić information content (AvgIpc) is 0.716. The molecule has 0 saturated carbocycles. The number of rotatable bonds is 16. The van der Waals surface area contributed by atoms with Crippen molar-refractivity contribution in [2.45, 2.75) is 323 Å². The van der Waals surface area contributed by atoms with Crippen LogP contribution in [0.3, 0.4) is 0 Å². The summed E-state index contributed by atoms with van der Waals surface area (Å²) in [5.74, 6) is 0.0430. The van der Waals surface area contributed by atoms with E-state index in [0.29, 0.717) is 62.4 Å². The van der Waals surface area contributed by atoms with E-state index in [9.17, 15) is 10.2 Å². The Morgan fingerprint density at radius 1 is 0.254 bits per heavy atom. The maximum Gasteiger partial charge on any atom is 2.00 e. The van der Waals surface area contributed by atoms with Crippen LogP contribution in [0.15, 0.2) is 158 Å². The first kappa shape index (κ1) is 101. The Morgan fingerprint density at radius 3 is 0.722 bits per heavy atom. The summed E-state index contributed by atoms with van der Waals surface area (Å²) < 4.78 is 47.9. The molecule has 0 unspecified atom stereocenters. The zero-order chi connectivity index (χ0) is 91.3. The van der Waals surface area contributed by atoms with Gasteiger partial charge in [-0.15, -0.1) is 0 Å². The number of ether oxygens (including phenoxy) is 2. The summed E-state index contributed by atoms with van der Waals surface area (Å²) in [6, 6.07) is 56.9. The first-order chi connectivity index (χ1) is 56.2. The molecule has 0 atom stereocenters. The summed E-state index contributed by atoms with van der Waals surface area (Å²) in [4.78, 5) is 0. The predicted octanol–water partition coefficient (Wildman–Crippen LogP) is 35.2. The summed E-state index contributed by atoms with van der Waals surface area (Å²) >= 11 is 0. The molecule has 126 heavy (non-hydrogen) atoms. The van der Waals surface area contributed by atoms with Gasteiger partial charge in [0.1, 0.15) is 34.6 Å². The third-order valence-corrected chi connectivity index (χ3v) is 25.7. The Kier molecular flexibility index (Phi) is 28.3. The summed E-state index contributed by atoms with van der Waals surface area (Å²) in [5.41, 5.74) is 20.0. The van der Waals surface area contributed by atoms with Gasteiger partial charge in [0.05, 0.1) is 13.2 Å². The molecule has 0 aliphatic heterocycles. The second kappa shape index (κ2) is 35.1. The van der Waals surface area contributed by atoms with E-state index in [1.807, 2.05) is 13.8 Å². The van der Waals surface area contributed by atoms with Crippen LogP contribution in [-0.2, 0) is 80.4 Å². The first-order valence-electron chi connectivity index (χ1n) is 45.3. The van der Waals surface area contributed by atoms with Gasteiger partial charge >= 0.3 is 26.2 Å². The molecule has 0 aliphatic rings. The Labute approximate surface area is 779 Å². The molecule has 0 aliphatic carbocycles. The molecular weight excluding hydrogens is 1620 g/mol. The molecule has 12 aromatic rings. The average molecular weight is 1780 g/mol. The van der Waals surface area contributed by atoms with Crippen molar-refractivity contribution in [3.8, 4) is 89.8 Å². The van der Waals surface area contributed by atoms with E-state index < -0.39 is 22.5 Å². The van der Waals surface area contributed by atoms with Crippen LogP contribution in [0.2, 0.25) is 0 Å². The molecule has 7 heteroatoms. The van der Waals surface area contributed by atoms with Crippen molar-refractivity contribution in [3.63, 3.8) is 0 Å². The fourth-order valence-electron chi connectivity index (χ4n) is 19.1. The van der Waals surface area contributed by atoms with Crippen molar-refractivity contribution in [2.75, 3.05) is 13.2 Å². The van der Waals surface area contributed by atoms with Crippen molar-refractivity contribution < 1.29 is 54.7 Å². The van der Waals surface area contributed by atoms with E-state index >= 15 is 8.78 Å². The van der Waals surface area contributed by atoms with E-state index in [4.69, 9.17) is 9.47 Å². The Hall–Kier alpha value is -8.38. The number of hydrogen-bond donors (Lipinski definition) is 2. The van der Waals surface area contributed by atoms with Gasteiger partial charge in [-0.25, -0.2) is 8.78 Å². The van der Waals surface area contributed by atoms with Crippen LogP contribution in [0.25, 0.3) is 110 Å². The third kappa shape index (κ3) is 21.2. The van der Waals surface area contributed by atoms with E-state index in [1.54, 1.807) is 0 Å². The second-order valence-electron chi connectivity index (χ2n) is 48.5. The van der Waals surface area contributed by atoms with Gasteiger partial charge in [-0.1, -0.05) is 320 Å². The van der Waals surface area contributed by atoms with Crippen LogP contribution in [0.5, 0.6) is 23.0 Å². The first-order valence-corrected chi connectivity index (χ1v) is 45.3. The van der Waals surface area contributed by atoms with Gasteiger partial charge in [0.25, 0.3) is 0 Å². The minimum atomic E-state index is -0.453. The number of phenols is 2. The zero-order valence-corrected chi connectivity index (χ0v) is 87.0. The van der Waals surface area contributed by atoms with Crippen LogP contribution in [0, 0.1) is 51.2 Å². The number of benzene rings is 12. The second-order valence-corrected chi connectivity index (χ2v) is 48.5. The summed E-state index contributed by atoms with van der Waals surface area (Å²) in [5, 5.41) is 36.2. The monoisotopic (exact) mass is 1770 g/mol. The van der Waals surface area contributed by atoms with E-state index in [2.05, 4.69) is 369 Å². The van der Waals surface area contributed by atoms with Crippen LogP contribution in [0.4, 0.5) is 8.78 Å². The Morgan fingerprint density at radius 2 is 0.492 bits per heavy atom. The van der Waals surface area contributed by atoms with Crippen molar-refractivity contribution in [1.29, 1.82) is 0 Å². The number of aromatic hydroxyl groups is 2. The Bertz CT molecular complexity index is 5530. The molecule has 12 rings (SSSR count). The number of phenolic OH excluding ortho intramolecular Hbond substituents is 2. The summed E-state index contributed by atoms with van der Waals surface area (Å²) in [6.07, 6.45) is 1.98. The molecule has 0 aromatic heterocycles. The molecular formula is C119H152F2O4Zr. The maximum absolute atomic E-state index is 16.9. The fourth-order valence-corrected chi connectivity index (χ4v) is 19.1. The van der Waals surface area contributed by atoms with Gasteiger partial charge in [0.2, 0.25) is 0 Å². The molecule has 0 radical (unpaired) electrons. The minimum absolute atomic E-state index is 0. The molecule has 0 fully saturated rings. The van der Waals surface area contributed by atoms with Crippen molar-refractivity contribution >= 4 is 43.1 Å². The number of hydrogen-bond acceptors (Lipinski definition) is 4. The molecule has 670 valence electrons. The third-order valence-electron chi connectivity index (χ3n) is 25.7. The smallest absolute Gasteiger partial charge is 0.507 e. The quantitative estimate of drug-likeness (QED) is 0.0575. The minimum Gasteiger partial charge on any atom is -0.507 e. The van der Waals surface area contributed by atoms with Crippen molar-refractivity contribution in [2.24, 2.45) is 10.8 Å². The van der Waals surface area contributed by atoms with Gasteiger partial charge in [-0.2, -0.15) is 0 Å². The number of fused-ring (bicyclic) bond motifs is 4. The van der Waals surface area contributed by atoms with E-state index in [-0.39, 0.29) is 120 Å². The van der Waals surface area contributed by atoms with Crippen LogP contribution in [0.1, 0.15) is 321 Å². The van der Waals surface area contributed by atoms with Gasteiger partial charge in [0.15, 0.2) is 0 Å². The molecule has 2 N–H and O–H groups in total. The molecule has 12 aromatic carbocycles. The van der Waals surface area contributed by atoms with Crippen LogP contribution >= 0.6 is 0 Å². The predicted molar refractivity (Wildman–Crippen MR) is 540 cm³/mol. The normalized spacial score (nSPS) is 13.2. The van der Waals surface area contributed by atoms with Gasteiger partial charge in [-0.05, 0) is 297 Å². The Balaban J connectivity index is 0.00000599. The van der Waals surface area contributed by atoms with Crippen LogP contribution in [-0.4, -0.2) is 23.4 Å². The number of aryl methyl sites for hydroxylation is 2. The van der Waals surface area contributed by atoms with Gasteiger partial charge < -0.3 is 34.5 Å². The fraction of sp³-hybridized carbons (Fsp3) is 0.445. The molecule has 0 spiro atoms. The van der Waals surface area contributed by atoms with Gasteiger partial charge in [0, 0.05) is 50.9 Å². The van der Waals surface area contributed by atoms with Crippen molar-refractivity contribution in [1.82, 2.24) is 0 Å². The van der Waals surface area contributed by atoms with Gasteiger partial charge in [-0.3, -0.25) is 0 Å². The largest absolute Gasteiger partial charge is 2.00 e. The zero-order valence-electron chi connectivity index (χ0n) is 84.5. The van der Waals surface area contributed by atoms with E-state index in [0.717, 1.165) is 100 Å². The topological polar surface area (TPSA) is 58.9 Å². The summed E-state index contributed by atoms with van der Waals surface area (Å²) in [6.45, 7) is 81.7. The number of halogens is 2. The molecule has 0 saturated heterocycles. The molecule has 0 bridgehead atoms. The molecule has 0 heterocycles.